The summed E-state index contributed by atoms with van der Waals surface area (Å²) in [6.07, 6.45) is 1.69. The molecule has 94 valence electrons. The van der Waals surface area contributed by atoms with Gasteiger partial charge in [0, 0.05) is 25.4 Å². The molecule has 2 aromatic rings. The molecule has 0 spiro atoms. The van der Waals surface area contributed by atoms with Crippen LogP contribution in [-0.4, -0.2) is 17.1 Å². The lowest BCUT2D eigenvalue weighted by Crippen LogP contribution is -2.19. The summed E-state index contributed by atoms with van der Waals surface area (Å²) in [5.41, 5.74) is 1.77. The lowest BCUT2D eigenvalue weighted by molar-refractivity contribution is 0.281. The Hall–Kier alpha value is -1.94. The predicted molar refractivity (Wildman–Crippen MR) is 68.7 cm³/mol. The summed E-state index contributed by atoms with van der Waals surface area (Å²) < 4.78 is 12.8. The molecular weight excluding hydrogens is 231 g/mol. The molecule has 2 rings (SSSR count). The third-order valence-corrected chi connectivity index (χ3v) is 2.73. The fraction of sp³-hybridized carbons (Fsp3) is 0.214. The highest BCUT2D eigenvalue weighted by molar-refractivity contribution is 5.46. The van der Waals surface area contributed by atoms with Crippen molar-refractivity contribution in [3.8, 4) is 0 Å². The lowest BCUT2D eigenvalue weighted by atomic mass is 10.2. The largest absolute Gasteiger partial charge is 0.392 e. The number of benzene rings is 1. The number of pyridine rings is 1. The normalized spacial score (nSPS) is 10.4. The number of aliphatic hydroxyl groups excluding tert-OH is 1. The summed E-state index contributed by atoms with van der Waals surface area (Å²) in [5.74, 6) is 0.500. The molecule has 1 heterocycles. The van der Waals surface area contributed by atoms with Crippen molar-refractivity contribution in [3.05, 3.63) is 59.5 Å². The summed E-state index contributed by atoms with van der Waals surface area (Å²) >= 11 is 0. The van der Waals surface area contributed by atoms with Gasteiger partial charge in [-0.15, -0.1) is 0 Å². The van der Waals surface area contributed by atoms with Crippen LogP contribution < -0.4 is 4.90 Å². The van der Waals surface area contributed by atoms with Gasteiger partial charge >= 0.3 is 0 Å². The van der Waals surface area contributed by atoms with Gasteiger partial charge in [0.1, 0.15) is 11.6 Å². The van der Waals surface area contributed by atoms with E-state index < -0.39 is 0 Å². The van der Waals surface area contributed by atoms with Crippen molar-refractivity contribution in [3.63, 3.8) is 0 Å². The van der Waals surface area contributed by atoms with Crippen molar-refractivity contribution in [1.82, 2.24) is 4.98 Å². The molecule has 0 amide bonds. The molecule has 1 aromatic heterocycles. The van der Waals surface area contributed by atoms with Gasteiger partial charge in [0.05, 0.1) is 6.61 Å². The van der Waals surface area contributed by atoms with Crippen molar-refractivity contribution in [2.75, 3.05) is 11.9 Å². The molecule has 0 aliphatic carbocycles. The van der Waals surface area contributed by atoms with E-state index in [0.717, 1.165) is 16.9 Å². The smallest absolute Gasteiger partial charge is 0.134 e. The van der Waals surface area contributed by atoms with Gasteiger partial charge in [-0.25, -0.2) is 9.37 Å². The van der Waals surface area contributed by atoms with Gasteiger partial charge in [-0.2, -0.15) is 0 Å². The maximum Gasteiger partial charge on any atom is 0.134 e. The highest BCUT2D eigenvalue weighted by atomic mass is 19.1. The standard InChI is InChI=1S/C14H15FN2O/c1-17(9-11-4-6-13(15)7-5-11)14-12(10-18)3-2-8-16-14/h2-8,18H,9-10H2,1H3. The summed E-state index contributed by atoms with van der Waals surface area (Å²) in [4.78, 5) is 6.18. The van der Waals surface area contributed by atoms with Crippen LogP contribution in [0.25, 0.3) is 0 Å². The fourth-order valence-corrected chi connectivity index (χ4v) is 1.84. The molecule has 1 N–H and O–H groups in total. The van der Waals surface area contributed by atoms with Crippen LogP contribution in [0.5, 0.6) is 0 Å². The zero-order valence-electron chi connectivity index (χ0n) is 10.2. The number of aliphatic hydroxyl groups is 1. The first kappa shape index (κ1) is 12.5. The maximum absolute atomic E-state index is 12.8. The Morgan fingerprint density at radius 1 is 1.22 bits per heavy atom. The van der Waals surface area contributed by atoms with Crippen molar-refractivity contribution in [2.24, 2.45) is 0 Å². The second-order valence-electron chi connectivity index (χ2n) is 4.13. The molecule has 4 heteroatoms. The molecular formula is C14H15FN2O. The minimum absolute atomic E-state index is 0.0447. The summed E-state index contributed by atoms with van der Waals surface area (Å²) in [6.45, 7) is 0.571. The monoisotopic (exact) mass is 246 g/mol. The first-order valence-corrected chi connectivity index (χ1v) is 5.71. The Labute approximate surface area is 106 Å². The molecule has 0 saturated carbocycles. The van der Waals surface area contributed by atoms with E-state index in [9.17, 15) is 9.50 Å². The number of anilines is 1. The summed E-state index contributed by atoms with van der Waals surface area (Å²) in [5, 5.41) is 9.25. The van der Waals surface area contributed by atoms with Crippen LogP contribution in [0.15, 0.2) is 42.6 Å². The topological polar surface area (TPSA) is 36.4 Å². The van der Waals surface area contributed by atoms with E-state index in [-0.39, 0.29) is 12.4 Å². The van der Waals surface area contributed by atoms with Gasteiger partial charge in [-0.05, 0) is 23.8 Å². The molecule has 18 heavy (non-hydrogen) atoms. The average Bonchev–Trinajstić information content (AvgIpc) is 2.41. The van der Waals surface area contributed by atoms with E-state index in [2.05, 4.69) is 4.98 Å². The minimum Gasteiger partial charge on any atom is -0.392 e. The molecule has 0 saturated heterocycles. The van der Waals surface area contributed by atoms with Gasteiger partial charge < -0.3 is 10.0 Å². The van der Waals surface area contributed by atoms with Crippen molar-refractivity contribution in [1.29, 1.82) is 0 Å². The second-order valence-corrected chi connectivity index (χ2v) is 4.13. The number of hydrogen-bond donors (Lipinski definition) is 1. The van der Waals surface area contributed by atoms with E-state index in [1.807, 2.05) is 18.0 Å². The zero-order chi connectivity index (χ0) is 13.0. The molecule has 0 radical (unpaired) electrons. The minimum atomic E-state index is -0.240. The lowest BCUT2D eigenvalue weighted by Gasteiger charge is -2.20. The molecule has 0 aliphatic heterocycles. The van der Waals surface area contributed by atoms with Crippen LogP contribution in [0, 0.1) is 5.82 Å². The number of rotatable bonds is 4. The van der Waals surface area contributed by atoms with Gasteiger partial charge in [0.25, 0.3) is 0 Å². The van der Waals surface area contributed by atoms with E-state index in [0.29, 0.717) is 6.54 Å². The van der Waals surface area contributed by atoms with Crippen LogP contribution in [0.4, 0.5) is 10.2 Å². The molecule has 0 bridgehead atoms. The predicted octanol–water partition coefficient (Wildman–Crippen LogP) is 2.35. The Kier molecular flexibility index (Phi) is 3.89. The van der Waals surface area contributed by atoms with Crippen molar-refractivity contribution >= 4 is 5.82 Å². The molecule has 0 fully saturated rings. The van der Waals surface area contributed by atoms with Crippen LogP contribution in [0.1, 0.15) is 11.1 Å². The molecule has 0 aliphatic rings. The van der Waals surface area contributed by atoms with Crippen molar-refractivity contribution < 1.29 is 9.50 Å². The maximum atomic E-state index is 12.8. The summed E-state index contributed by atoms with van der Waals surface area (Å²) in [7, 11) is 1.89. The number of nitrogens with zero attached hydrogens (tertiary/aromatic N) is 2. The fourth-order valence-electron chi connectivity index (χ4n) is 1.84. The highest BCUT2D eigenvalue weighted by Crippen LogP contribution is 2.18. The van der Waals surface area contributed by atoms with E-state index in [1.165, 1.54) is 12.1 Å². The third-order valence-electron chi connectivity index (χ3n) is 2.73. The Morgan fingerprint density at radius 3 is 2.61 bits per heavy atom. The third kappa shape index (κ3) is 2.84. The van der Waals surface area contributed by atoms with E-state index in [1.54, 1.807) is 24.4 Å². The molecule has 1 aromatic carbocycles. The zero-order valence-corrected chi connectivity index (χ0v) is 10.2. The number of halogens is 1. The average molecular weight is 246 g/mol. The van der Waals surface area contributed by atoms with Gasteiger partial charge in [-0.3, -0.25) is 0 Å². The Bertz CT molecular complexity index is 513. The molecule has 0 unspecified atom stereocenters. The van der Waals surface area contributed by atoms with Gasteiger partial charge in [-0.1, -0.05) is 18.2 Å². The Morgan fingerprint density at radius 2 is 1.94 bits per heavy atom. The first-order chi connectivity index (χ1) is 8.70. The van der Waals surface area contributed by atoms with Gasteiger partial charge in [0.15, 0.2) is 0 Å². The van der Waals surface area contributed by atoms with Crippen LogP contribution in [-0.2, 0) is 13.2 Å². The first-order valence-electron chi connectivity index (χ1n) is 5.71. The van der Waals surface area contributed by atoms with Crippen molar-refractivity contribution in [2.45, 2.75) is 13.2 Å². The van der Waals surface area contributed by atoms with Crippen LogP contribution >= 0.6 is 0 Å². The Balaban J connectivity index is 2.16. The van der Waals surface area contributed by atoms with E-state index >= 15 is 0 Å². The second kappa shape index (κ2) is 5.60. The summed E-state index contributed by atoms with van der Waals surface area (Å²) in [6, 6.07) is 9.99. The molecule has 0 atom stereocenters. The quantitative estimate of drug-likeness (QED) is 0.899. The van der Waals surface area contributed by atoms with Crippen LogP contribution in [0.2, 0.25) is 0 Å². The molecule has 3 nitrogen and oxygen atoms in total. The van der Waals surface area contributed by atoms with E-state index in [4.69, 9.17) is 0 Å². The number of aromatic nitrogens is 1. The highest BCUT2D eigenvalue weighted by Gasteiger charge is 2.08. The van der Waals surface area contributed by atoms with Gasteiger partial charge in [0.2, 0.25) is 0 Å². The van der Waals surface area contributed by atoms with Crippen LogP contribution in [0.3, 0.4) is 0 Å². The SMILES string of the molecule is CN(Cc1ccc(F)cc1)c1ncccc1CO. The number of hydrogen-bond acceptors (Lipinski definition) is 3.